The average molecular weight is 234 g/mol. The molecule has 0 aromatic heterocycles. The number of nitrogens with two attached hydrogens (primary N) is 1. The first-order chi connectivity index (χ1) is 8.11. The van der Waals surface area contributed by atoms with Gasteiger partial charge in [0.05, 0.1) is 0 Å². The van der Waals surface area contributed by atoms with Gasteiger partial charge in [-0.25, -0.2) is 4.39 Å². The van der Waals surface area contributed by atoms with Crippen molar-refractivity contribution in [3.05, 3.63) is 54.9 Å². The van der Waals surface area contributed by atoms with E-state index in [4.69, 9.17) is 5.73 Å². The van der Waals surface area contributed by atoms with Gasteiger partial charge in [-0.05, 0) is 19.1 Å². The van der Waals surface area contributed by atoms with Crippen molar-refractivity contribution < 1.29 is 4.39 Å². The van der Waals surface area contributed by atoms with Crippen molar-refractivity contribution in [2.75, 3.05) is 18.0 Å². The van der Waals surface area contributed by atoms with E-state index in [1.165, 1.54) is 6.07 Å². The molecule has 0 spiro atoms. The molecule has 0 amide bonds. The molecule has 0 saturated carbocycles. The van der Waals surface area contributed by atoms with Crippen LogP contribution in [0.25, 0.3) is 0 Å². The zero-order chi connectivity index (χ0) is 12.8. The highest BCUT2D eigenvalue weighted by atomic mass is 19.1. The molecule has 0 aliphatic rings. The highest BCUT2D eigenvalue weighted by Crippen LogP contribution is 2.27. The lowest BCUT2D eigenvalue weighted by Crippen LogP contribution is -2.26. The summed E-state index contributed by atoms with van der Waals surface area (Å²) in [5.74, 6) is -0.268. The molecule has 0 fully saturated rings. The number of hydrogen-bond acceptors (Lipinski definition) is 2. The molecule has 0 unspecified atom stereocenters. The number of benzene rings is 1. The Balaban J connectivity index is 3.21. The predicted molar refractivity (Wildman–Crippen MR) is 71.6 cm³/mol. The van der Waals surface area contributed by atoms with Crippen molar-refractivity contribution in [1.82, 2.24) is 0 Å². The van der Waals surface area contributed by atoms with Crippen LogP contribution in [0.15, 0.2) is 43.5 Å². The van der Waals surface area contributed by atoms with Crippen LogP contribution in [0.2, 0.25) is 0 Å². The van der Waals surface area contributed by atoms with Crippen LogP contribution in [0.1, 0.15) is 18.5 Å². The molecule has 0 saturated heterocycles. The van der Waals surface area contributed by atoms with E-state index in [0.29, 0.717) is 18.7 Å². The van der Waals surface area contributed by atoms with Gasteiger partial charge in [0.15, 0.2) is 0 Å². The molecule has 1 atom stereocenters. The molecule has 1 aromatic carbocycles. The monoisotopic (exact) mass is 234 g/mol. The maximum absolute atomic E-state index is 13.8. The zero-order valence-corrected chi connectivity index (χ0v) is 10.2. The minimum Gasteiger partial charge on any atom is -0.364 e. The predicted octanol–water partition coefficient (Wildman–Crippen LogP) is 3.02. The standard InChI is InChI=1S/C14H19FN2/c1-4-9-17(10-5-2)13-8-6-7-12(15)14(13)11(3)16/h4-8,11H,1-2,9-10,16H2,3H3/t11-/m0/s1. The number of rotatable bonds is 6. The average Bonchev–Trinajstić information content (AvgIpc) is 2.28. The topological polar surface area (TPSA) is 29.3 Å². The summed E-state index contributed by atoms with van der Waals surface area (Å²) in [6.45, 7) is 10.5. The third kappa shape index (κ3) is 3.17. The van der Waals surface area contributed by atoms with Crippen molar-refractivity contribution in [2.45, 2.75) is 13.0 Å². The van der Waals surface area contributed by atoms with Gasteiger partial charge < -0.3 is 10.6 Å². The third-order valence-corrected chi connectivity index (χ3v) is 2.52. The summed E-state index contributed by atoms with van der Waals surface area (Å²) in [7, 11) is 0. The minimum atomic E-state index is -0.344. The molecule has 0 aliphatic carbocycles. The summed E-state index contributed by atoms with van der Waals surface area (Å²) >= 11 is 0. The molecule has 3 heteroatoms. The highest BCUT2D eigenvalue weighted by molar-refractivity contribution is 5.56. The van der Waals surface area contributed by atoms with Crippen molar-refractivity contribution in [1.29, 1.82) is 0 Å². The van der Waals surface area contributed by atoms with Crippen molar-refractivity contribution in [3.63, 3.8) is 0 Å². The van der Waals surface area contributed by atoms with E-state index >= 15 is 0 Å². The normalized spacial score (nSPS) is 11.9. The Kier molecular flexibility index (Phi) is 4.91. The highest BCUT2D eigenvalue weighted by Gasteiger charge is 2.15. The quantitative estimate of drug-likeness (QED) is 0.767. The molecule has 17 heavy (non-hydrogen) atoms. The fraction of sp³-hybridized carbons (Fsp3) is 0.286. The van der Waals surface area contributed by atoms with Gasteiger partial charge >= 0.3 is 0 Å². The largest absolute Gasteiger partial charge is 0.364 e. The molecular formula is C14H19FN2. The maximum Gasteiger partial charge on any atom is 0.130 e. The Morgan fingerprint density at radius 3 is 2.41 bits per heavy atom. The van der Waals surface area contributed by atoms with Crippen LogP contribution in [-0.4, -0.2) is 13.1 Å². The maximum atomic E-state index is 13.8. The lowest BCUT2D eigenvalue weighted by molar-refractivity contribution is 0.592. The first kappa shape index (κ1) is 13.5. The van der Waals surface area contributed by atoms with Crippen molar-refractivity contribution in [2.24, 2.45) is 5.73 Å². The molecule has 2 nitrogen and oxygen atoms in total. The van der Waals surface area contributed by atoms with Crippen LogP contribution in [0.5, 0.6) is 0 Å². The van der Waals surface area contributed by atoms with Crippen LogP contribution in [0.3, 0.4) is 0 Å². The second-order valence-electron chi connectivity index (χ2n) is 3.94. The number of halogens is 1. The van der Waals surface area contributed by atoms with Crippen molar-refractivity contribution >= 4 is 5.69 Å². The Labute approximate surface area is 102 Å². The lowest BCUT2D eigenvalue weighted by atomic mass is 10.0. The summed E-state index contributed by atoms with van der Waals surface area (Å²) in [5.41, 5.74) is 7.17. The van der Waals surface area contributed by atoms with Crippen LogP contribution in [-0.2, 0) is 0 Å². The fourth-order valence-electron chi connectivity index (χ4n) is 1.84. The van der Waals surface area contributed by atoms with Gasteiger partial charge in [0, 0.05) is 30.4 Å². The number of anilines is 1. The third-order valence-electron chi connectivity index (χ3n) is 2.52. The van der Waals surface area contributed by atoms with Crippen LogP contribution >= 0.6 is 0 Å². The van der Waals surface area contributed by atoms with Crippen LogP contribution in [0, 0.1) is 5.82 Å². The second kappa shape index (κ2) is 6.21. The van der Waals surface area contributed by atoms with Crippen LogP contribution < -0.4 is 10.6 Å². The first-order valence-corrected chi connectivity index (χ1v) is 5.62. The Hall–Kier alpha value is -1.61. The molecule has 2 N–H and O–H groups in total. The van der Waals surface area contributed by atoms with E-state index in [9.17, 15) is 4.39 Å². The summed E-state index contributed by atoms with van der Waals surface area (Å²) in [5, 5.41) is 0. The molecule has 0 radical (unpaired) electrons. The van der Waals surface area contributed by atoms with Gasteiger partial charge in [0.25, 0.3) is 0 Å². The first-order valence-electron chi connectivity index (χ1n) is 5.62. The van der Waals surface area contributed by atoms with Gasteiger partial charge in [-0.1, -0.05) is 18.2 Å². The van der Waals surface area contributed by atoms with Gasteiger partial charge in [-0.2, -0.15) is 0 Å². The van der Waals surface area contributed by atoms with Gasteiger partial charge in [0.1, 0.15) is 5.82 Å². The zero-order valence-electron chi connectivity index (χ0n) is 10.2. The van der Waals surface area contributed by atoms with E-state index in [1.807, 2.05) is 11.0 Å². The summed E-state index contributed by atoms with van der Waals surface area (Å²) in [6, 6.07) is 4.65. The number of nitrogens with zero attached hydrogens (tertiary/aromatic N) is 1. The Bertz CT molecular complexity index is 389. The molecule has 0 bridgehead atoms. The van der Waals surface area contributed by atoms with E-state index in [1.54, 1.807) is 25.1 Å². The lowest BCUT2D eigenvalue weighted by Gasteiger charge is -2.26. The second-order valence-corrected chi connectivity index (χ2v) is 3.94. The van der Waals surface area contributed by atoms with E-state index in [0.717, 1.165) is 5.69 Å². The fourth-order valence-corrected chi connectivity index (χ4v) is 1.84. The number of hydrogen-bond donors (Lipinski definition) is 1. The summed E-state index contributed by atoms with van der Waals surface area (Å²) in [6.07, 6.45) is 3.55. The summed E-state index contributed by atoms with van der Waals surface area (Å²) in [4.78, 5) is 1.99. The Morgan fingerprint density at radius 1 is 1.35 bits per heavy atom. The Morgan fingerprint density at radius 2 is 1.94 bits per heavy atom. The molecule has 1 aromatic rings. The van der Waals surface area contributed by atoms with Gasteiger partial charge in [-0.15, -0.1) is 13.2 Å². The van der Waals surface area contributed by atoms with E-state index in [-0.39, 0.29) is 11.9 Å². The SMILES string of the molecule is C=CCN(CC=C)c1cccc(F)c1[C@H](C)N. The minimum absolute atomic E-state index is 0.268. The molecule has 1 rings (SSSR count). The van der Waals surface area contributed by atoms with E-state index in [2.05, 4.69) is 13.2 Å². The molecular weight excluding hydrogens is 215 g/mol. The molecule has 0 aliphatic heterocycles. The smallest absolute Gasteiger partial charge is 0.130 e. The van der Waals surface area contributed by atoms with Crippen LogP contribution in [0.4, 0.5) is 10.1 Å². The van der Waals surface area contributed by atoms with Gasteiger partial charge in [-0.3, -0.25) is 0 Å². The molecule has 92 valence electrons. The molecule has 0 heterocycles. The van der Waals surface area contributed by atoms with Crippen molar-refractivity contribution in [3.8, 4) is 0 Å². The summed E-state index contributed by atoms with van der Waals surface area (Å²) < 4.78 is 13.8. The van der Waals surface area contributed by atoms with E-state index < -0.39 is 0 Å². The van der Waals surface area contributed by atoms with Gasteiger partial charge in [0.2, 0.25) is 0 Å².